The van der Waals surface area contributed by atoms with Gasteiger partial charge in [-0.25, -0.2) is 4.98 Å². The average Bonchev–Trinajstić information content (AvgIpc) is 2.96. The molecule has 9 heteroatoms. The van der Waals surface area contributed by atoms with Crippen molar-refractivity contribution in [3.8, 4) is 0 Å². The van der Waals surface area contributed by atoms with Gasteiger partial charge < -0.3 is 10.6 Å². The maximum Gasteiger partial charge on any atom is 0.294 e. The highest BCUT2D eigenvalue weighted by Gasteiger charge is 2.20. The summed E-state index contributed by atoms with van der Waals surface area (Å²) in [5.41, 5.74) is 2.44. The van der Waals surface area contributed by atoms with E-state index in [9.17, 15) is 14.9 Å². The monoisotopic (exact) mass is 326 g/mol. The second-order valence-corrected chi connectivity index (χ2v) is 5.15. The number of nitrogens with one attached hydrogen (secondary N) is 2. The lowest BCUT2D eigenvalue weighted by Gasteiger charge is -2.08. The molecular formula is C12H11ClN4O3S. The van der Waals surface area contributed by atoms with E-state index in [1.54, 1.807) is 10.9 Å². The van der Waals surface area contributed by atoms with Gasteiger partial charge in [-0.2, -0.15) is 0 Å². The van der Waals surface area contributed by atoms with Gasteiger partial charge >= 0.3 is 0 Å². The molecular weight excluding hydrogens is 316 g/mol. The van der Waals surface area contributed by atoms with E-state index >= 15 is 0 Å². The zero-order valence-corrected chi connectivity index (χ0v) is 12.5. The number of hydrogen-bond acceptors (Lipinski definition) is 6. The highest BCUT2D eigenvalue weighted by atomic mass is 35.5. The van der Waals surface area contributed by atoms with E-state index in [1.807, 2.05) is 0 Å². The Morgan fingerprint density at radius 2 is 2.29 bits per heavy atom. The maximum atomic E-state index is 12.0. The summed E-state index contributed by atoms with van der Waals surface area (Å²) in [6.45, 7) is 0.252. The number of nitrogens with zero attached hydrogens (tertiary/aromatic N) is 2. The van der Waals surface area contributed by atoms with Crippen molar-refractivity contribution in [2.45, 2.75) is 6.54 Å². The first kappa shape index (κ1) is 15.2. The number of carbonyl (C=O) groups is 1. The molecule has 21 heavy (non-hydrogen) atoms. The van der Waals surface area contributed by atoms with Gasteiger partial charge in [0, 0.05) is 24.1 Å². The molecule has 0 saturated heterocycles. The lowest BCUT2D eigenvalue weighted by atomic mass is 10.1. The van der Waals surface area contributed by atoms with Crippen LogP contribution in [-0.4, -0.2) is 22.9 Å². The third-order valence-corrected chi connectivity index (χ3v) is 3.63. The van der Waals surface area contributed by atoms with Crippen molar-refractivity contribution in [1.29, 1.82) is 0 Å². The third-order valence-electron chi connectivity index (χ3n) is 2.69. The molecule has 1 aromatic carbocycles. The summed E-state index contributed by atoms with van der Waals surface area (Å²) < 4.78 is 0. The Morgan fingerprint density at radius 3 is 2.86 bits per heavy atom. The van der Waals surface area contributed by atoms with Gasteiger partial charge in [0.1, 0.15) is 5.69 Å². The predicted molar refractivity (Wildman–Crippen MR) is 80.9 cm³/mol. The molecule has 0 spiro atoms. The van der Waals surface area contributed by atoms with Crippen molar-refractivity contribution in [2.75, 3.05) is 12.4 Å². The number of carbonyl (C=O) groups excluding carboxylic acids is 1. The smallest absolute Gasteiger partial charge is 0.294 e. The zero-order chi connectivity index (χ0) is 15.4. The quantitative estimate of drug-likeness (QED) is 0.650. The Morgan fingerprint density at radius 1 is 1.52 bits per heavy atom. The number of benzene rings is 1. The van der Waals surface area contributed by atoms with E-state index in [0.717, 1.165) is 5.69 Å². The second-order valence-electron chi connectivity index (χ2n) is 4.02. The zero-order valence-electron chi connectivity index (χ0n) is 10.9. The lowest BCUT2D eigenvalue weighted by molar-refractivity contribution is -0.383. The van der Waals surface area contributed by atoms with Gasteiger partial charge in [-0.05, 0) is 6.07 Å². The fourth-order valence-corrected chi connectivity index (χ4v) is 2.58. The molecule has 2 N–H and O–H groups in total. The molecule has 1 aromatic heterocycles. The number of halogens is 1. The van der Waals surface area contributed by atoms with E-state index in [1.165, 1.54) is 30.5 Å². The molecule has 0 saturated carbocycles. The number of hydrogen-bond donors (Lipinski definition) is 2. The normalized spacial score (nSPS) is 10.2. The van der Waals surface area contributed by atoms with E-state index in [4.69, 9.17) is 11.6 Å². The Bertz CT molecular complexity index is 675. The number of thiazole rings is 1. The molecule has 0 bridgehead atoms. The van der Waals surface area contributed by atoms with Gasteiger partial charge in [0.15, 0.2) is 0 Å². The molecule has 110 valence electrons. The van der Waals surface area contributed by atoms with Gasteiger partial charge in [-0.3, -0.25) is 14.9 Å². The number of aromatic nitrogens is 1. The van der Waals surface area contributed by atoms with Gasteiger partial charge in [-0.1, -0.05) is 11.6 Å². The van der Waals surface area contributed by atoms with Crippen LogP contribution in [0.15, 0.2) is 23.0 Å². The second kappa shape index (κ2) is 6.51. The van der Waals surface area contributed by atoms with E-state index < -0.39 is 10.8 Å². The molecule has 2 rings (SSSR count). The van der Waals surface area contributed by atoms with Crippen LogP contribution in [0.5, 0.6) is 0 Å². The summed E-state index contributed by atoms with van der Waals surface area (Å²) in [7, 11) is 1.52. The van der Waals surface area contributed by atoms with Crippen LogP contribution >= 0.6 is 22.9 Å². The lowest BCUT2D eigenvalue weighted by Crippen LogP contribution is -2.23. The van der Waals surface area contributed by atoms with Crippen molar-refractivity contribution in [3.05, 3.63) is 49.4 Å². The van der Waals surface area contributed by atoms with Crippen LogP contribution in [0, 0.1) is 10.1 Å². The van der Waals surface area contributed by atoms with Crippen molar-refractivity contribution in [1.82, 2.24) is 10.3 Å². The van der Waals surface area contributed by atoms with Crippen molar-refractivity contribution >= 4 is 40.2 Å². The summed E-state index contributed by atoms with van der Waals surface area (Å²) in [4.78, 5) is 26.5. The SMILES string of the molecule is CNc1c(Cl)cc(C(=O)NCc2cscn2)cc1[N+](=O)[O-]. The Labute approximate surface area is 129 Å². The van der Waals surface area contributed by atoms with Gasteiger partial charge in [-0.15, -0.1) is 11.3 Å². The fourth-order valence-electron chi connectivity index (χ4n) is 1.71. The first-order valence-electron chi connectivity index (χ1n) is 5.84. The van der Waals surface area contributed by atoms with Crippen LogP contribution in [0.1, 0.15) is 16.1 Å². The van der Waals surface area contributed by atoms with Crippen molar-refractivity contribution in [3.63, 3.8) is 0 Å². The minimum Gasteiger partial charge on any atom is -0.381 e. The molecule has 1 amide bonds. The van der Waals surface area contributed by atoms with Crippen LogP contribution < -0.4 is 10.6 Å². The van der Waals surface area contributed by atoms with Crippen LogP contribution in [0.25, 0.3) is 0 Å². The largest absolute Gasteiger partial charge is 0.381 e. The number of nitro benzene ring substituents is 1. The summed E-state index contributed by atoms with van der Waals surface area (Å²) in [5, 5.41) is 18.2. The summed E-state index contributed by atoms with van der Waals surface area (Å²) in [5.74, 6) is -0.448. The van der Waals surface area contributed by atoms with E-state index in [-0.39, 0.29) is 28.5 Å². The molecule has 0 unspecified atom stereocenters. The molecule has 0 radical (unpaired) electrons. The molecule has 7 nitrogen and oxygen atoms in total. The third kappa shape index (κ3) is 3.47. The molecule has 0 aliphatic carbocycles. The Hall–Kier alpha value is -2.19. The van der Waals surface area contributed by atoms with Crippen molar-refractivity contribution in [2.24, 2.45) is 0 Å². The highest BCUT2D eigenvalue weighted by molar-refractivity contribution is 7.07. The topological polar surface area (TPSA) is 97.2 Å². The Balaban J connectivity index is 2.23. The number of amides is 1. The number of rotatable bonds is 5. The standard InChI is InChI=1S/C12H11ClN4O3S/c1-14-11-9(13)2-7(3-10(11)17(19)20)12(18)15-4-8-5-21-6-16-8/h2-3,5-6,14H,4H2,1H3,(H,15,18). The van der Waals surface area contributed by atoms with Crippen LogP contribution in [0.3, 0.4) is 0 Å². The van der Waals surface area contributed by atoms with Gasteiger partial charge in [0.25, 0.3) is 11.6 Å². The molecule has 0 fully saturated rings. The molecule has 2 aromatic rings. The van der Waals surface area contributed by atoms with Crippen LogP contribution in [-0.2, 0) is 6.54 Å². The fraction of sp³-hybridized carbons (Fsp3) is 0.167. The molecule has 0 aliphatic rings. The van der Waals surface area contributed by atoms with Crippen molar-refractivity contribution < 1.29 is 9.72 Å². The summed E-state index contributed by atoms with van der Waals surface area (Å²) in [6, 6.07) is 2.57. The summed E-state index contributed by atoms with van der Waals surface area (Å²) in [6.07, 6.45) is 0. The van der Waals surface area contributed by atoms with Crippen LogP contribution in [0.2, 0.25) is 5.02 Å². The number of nitro groups is 1. The minimum atomic E-state index is -0.588. The first-order chi connectivity index (χ1) is 10.0. The van der Waals surface area contributed by atoms with Crippen LogP contribution in [0.4, 0.5) is 11.4 Å². The molecule has 1 heterocycles. The highest BCUT2D eigenvalue weighted by Crippen LogP contribution is 2.33. The van der Waals surface area contributed by atoms with E-state index in [2.05, 4.69) is 15.6 Å². The molecule has 0 atom stereocenters. The van der Waals surface area contributed by atoms with E-state index in [0.29, 0.717) is 0 Å². The minimum absolute atomic E-state index is 0.116. The Kier molecular flexibility index (Phi) is 4.71. The first-order valence-corrected chi connectivity index (χ1v) is 7.16. The molecule has 0 aliphatic heterocycles. The maximum absolute atomic E-state index is 12.0. The van der Waals surface area contributed by atoms with Gasteiger partial charge in [0.2, 0.25) is 0 Å². The summed E-state index contributed by atoms with van der Waals surface area (Å²) >= 11 is 7.38. The average molecular weight is 327 g/mol. The predicted octanol–water partition coefficient (Wildman–Crippen LogP) is 2.68. The number of anilines is 1. The van der Waals surface area contributed by atoms with Gasteiger partial charge in [0.05, 0.1) is 27.7 Å².